The number of hydrogen-bond acceptors (Lipinski definition) is 8. The van der Waals surface area contributed by atoms with Crippen molar-refractivity contribution < 1.29 is 47.1 Å². The second-order valence-corrected chi connectivity index (χ2v) is 8.18. The van der Waals surface area contributed by atoms with Gasteiger partial charge in [0.25, 0.3) is 5.92 Å². The second kappa shape index (κ2) is 10.4. The third kappa shape index (κ3) is 6.99. The molecule has 0 unspecified atom stereocenters. The lowest BCUT2D eigenvalue weighted by Crippen LogP contribution is -2.37. The zero-order valence-corrected chi connectivity index (χ0v) is 18.5. The molecule has 8 nitrogen and oxygen atoms in total. The lowest BCUT2D eigenvalue weighted by atomic mass is 9.64. The van der Waals surface area contributed by atoms with Crippen molar-refractivity contribution in [3.05, 3.63) is 29.3 Å². The number of ether oxygens (including phenoxy) is 3. The molecule has 0 radical (unpaired) electrons. The molecule has 1 aromatic carbocycles. The van der Waals surface area contributed by atoms with Gasteiger partial charge in [-0.2, -0.15) is 0 Å². The third-order valence-corrected chi connectivity index (χ3v) is 4.81. The summed E-state index contributed by atoms with van der Waals surface area (Å²) in [4.78, 5) is 36.3. The van der Waals surface area contributed by atoms with Gasteiger partial charge in [0.15, 0.2) is 5.60 Å². The standard InChI is InChI=1S/C21H27BF2O8/c1-5-31-20(2,3)19(27)30-12-29-18(26)16-8-6-7-13-9-14(22(28)32-17(13)16)10-15(25)11-21(4,23)24/h6-8,14,28H,5,9-12H2,1-4H3/t14-/m1/s1. The van der Waals surface area contributed by atoms with Crippen molar-refractivity contribution in [2.45, 2.75) is 64.3 Å². The Morgan fingerprint density at radius 1 is 1.22 bits per heavy atom. The number of carbonyl (C=O) groups is 3. The zero-order chi connectivity index (χ0) is 24.1. The highest BCUT2D eigenvalue weighted by Gasteiger charge is 2.39. The van der Waals surface area contributed by atoms with Gasteiger partial charge in [0.2, 0.25) is 6.79 Å². The Balaban J connectivity index is 2.01. The fourth-order valence-electron chi connectivity index (χ4n) is 3.34. The van der Waals surface area contributed by atoms with E-state index in [1.807, 2.05) is 0 Å². The largest absolute Gasteiger partial charge is 0.535 e. The van der Waals surface area contributed by atoms with Crippen LogP contribution >= 0.6 is 0 Å². The molecule has 1 N–H and O–H groups in total. The minimum absolute atomic E-state index is 0.00784. The maximum absolute atomic E-state index is 13.1. The van der Waals surface area contributed by atoms with Crippen molar-refractivity contribution in [3.8, 4) is 5.75 Å². The van der Waals surface area contributed by atoms with Crippen molar-refractivity contribution in [2.75, 3.05) is 13.4 Å². The molecule has 1 aliphatic heterocycles. The molecular weight excluding hydrogens is 429 g/mol. The van der Waals surface area contributed by atoms with Gasteiger partial charge < -0.3 is 23.9 Å². The Morgan fingerprint density at radius 2 is 1.91 bits per heavy atom. The van der Waals surface area contributed by atoms with Crippen LogP contribution in [0.25, 0.3) is 0 Å². The van der Waals surface area contributed by atoms with Gasteiger partial charge in [-0.25, -0.2) is 18.4 Å². The molecule has 0 spiro atoms. The molecule has 0 saturated heterocycles. The van der Waals surface area contributed by atoms with Crippen LogP contribution in [0, 0.1) is 0 Å². The molecule has 176 valence electrons. The first-order chi connectivity index (χ1) is 14.8. The predicted octanol–water partition coefficient (Wildman–Crippen LogP) is 2.95. The highest BCUT2D eigenvalue weighted by Crippen LogP contribution is 2.37. The predicted molar refractivity (Wildman–Crippen MR) is 109 cm³/mol. The Hall–Kier alpha value is -2.53. The Morgan fingerprint density at radius 3 is 2.53 bits per heavy atom. The Labute approximate surface area is 185 Å². The maximum atomic E-state index is 13.1. The van der Waals surface area contributed by atoms with Crippen LogP contribution in [0.4, 0.5) is 8.78 Å². The number of para-hydroxylation sites is 1. The van der Waals surface area contributed by atoms with Crippen LogP contribution in [-0.2, 0) is 30.2 Å². The fraction of sp³-hybridized carbons (Fsp3) is 0.571. The lowest BCUT2D eigenvalue weighted by Gasteiger charge is -2.28. The maximum Gasteiger partial charge on any atom is 0.526 e. The van der Waals surface area contributed by atoms with Crippen LogP contribution in [0.2, 0.25) is 5.82 Å². The van der Waals surface area contributed by atoms with E-state index >= 15 is 0 Å². The van der Waals surface area contributed by atoms with E-state index in [9.17, 15) is 28.2 Å². The average Bonchev–Trinajstić information content (AvgIpc) is 2.66. The summed E-state index contributed by atoms with van der Waals surface area (Å²) in [6.07, 6.45) is -1.06. The molecule has 0 fully saturated rings. The Bertz CT molecular complexity index is 853. The SMILES string of the molecule is CCOC(C)(C)C(=O)OCOC(=O)c1cccc2c1OB(O)[C@@H](CC(=O)CC(C)(F)F)C2. The fourth-order valence-corrected chi connectivity index (χ4v) is 3.34. The number of rotatable bonds is 10. The summed E-state index contributed by atoms with van der Waals surface area (Å²) in [5.74, 6) is -6.05. The Kier molecular flexibility index (Phi) is 8.36. The number of carbonyl (C=O) groups excluding carboxylic acids is 3. The molecule has 0 aliphatic carbocycles. The van der Waals surface area contributed by atoms with Gasteiger partial charge in [-0.05, 0) is 45.7 Å². The van der Waals surface area contributed by atoms with E-state index in [0.717, 1.165) is 0 Å². The van der Waals surface area contributed by atoms with Crippen LogP contribution in [0.5, 0.6) is 5.75 Å². The van der Waals surface area contributed by atoms with Gasteiger partial charge in [-0.3, -0.25) is 4.79 Å². The van der Waals surface area contributed by atoms with Gasteiger partial charge in [-0.1, -0.05) is 12.1 Å². The smallest absolute Gasteiger partial charge is 0.526 e. The number of alkyl halides is 2. The summed E-state index contributed by atoms with van der Waals surface area (Å²) in [7, 11) is -1.46. The summed E-state index contributed by atoms with van der Waals surface area (Å²) < 4.78 is 46.7. The highest BCUT2D eigenvalue weighted by molar-refractivity contribution is 6.47. The zero-order valence-electron chi connectivity index (χ0n) is 18.5. The minimum Gasteiger partial charge on any atom is -0.535 e. The van der Waals surface area contributed by atoms with Gasteiger partial charge in [0, 0.05) is 18.8 Å². The van der Waals surface area contributed by atoms with Crippen LogP contribution in [-0.4, -0.2) is 54.8 Å². The van der Waals surface area contributed by atoms with Gasteiger partial charge in [-0.15, -0.1) is 0 Å². The number of fused-ring (bicyclic) bond motifs is 1. The van der Waals surface area contributed by atoms with Crippen LogP contribution in [0.1, 0.15) is 56.5 Å². The molecule has 1 atom stereocenters. The second-order valence-electron chi connectivity index (χ2n) is 8.18. The molecule has 1 aliphatic rings. The van der Waals surface area contributed by atoms with Crippen LogP contribution in [0.15, 0.2) is 18.2 Å². The average molecular weight is 456 g/mol. The number of hydrogen-bond donors (Lipinski definition) is 1. The first kappa shape index (κ1) is 25.7. The normalized spacial score (nSPS) is 16.1. The summed E-state index contributed by atoms with van der Waals surface area (Å²) in [5, 5.41) is 10.3. The molecule has 2 rings (SSSR count). The van der Waals surface area contributed by atoms with Gasteiger partial charge in [0.1, 0.15) is 17.1 Å². The summed E-state index contributed by atoms with van der Waals surface area (Å²) in [6.45, 7) is 5.06. The van der Waals surface area contributed by atoms with Crippen LogP contribution in [0.3, 0.4) is 0 Å². The molecular formula is C21H27BF2O8. The number of esters is 2. The number of halogens is 2. The van der Waals surface area contributed by atoms with Crippen molar-refractivity contribution in [3.63, 3.8) is 0 Å². The van der Waals surface area contributed by atoms with E-state index in [1.165, 1.54) is 19.9 Å². The van der Waals surface area contributed by atoms with E-state index in [0.29, 0.717) is 19.1 Å². The van der Waals surface area contributed by atoms with E-state index in [1.54, 1.807) is 19.1 Å². The molecule has 0 saturated carbocycles. The molecule has 0 aromatic heterocycles. The molecule has 1 aromatic rings. The van der Waals surface area contributed by atoms with E-state index in [4.69, 9.17) is 18.9 Å². The number of Topliss-reactive ketones (excluding diaryl/α,β-unsaturated/α-hetero) is 1. The molecule has 32 heavy (non-hydrogen) atoms. The van der Waals surface area contributed by atoms with Gasteiger partial charge in [0.05, 0.1) is 6.42 Å². The van der Waals surface area contributed by atoms with E-state index in [2.05, 4.69) is 0 Å². The monoisotopic (exact) mass is 456 g/mol. The van der Waals surface area contributed by atoms with Crippen LogP contribution < -0.4 is 4.65 Å². The number of ketones is 1. The van der Waals surface area contributed by atoms with Crippen molar-refractivity contribution >= 4 is 24.8 Å². The van der Waals surface area contributed by atoms with Crippen molar-refractivity contribution in [1.82, 2.24) is 0 Å². The van der Waals surface area contributed by atoms with E-state index in [-0.39, 0.29) is 24.2 Å². The summed E-state index contributed by atoms with van der Waals surface area (Å²) in [5.41, 5.74) is -0.694. The van der Waals surface area contributed by atoms with Crippen molar-refractivity contribution in [1.29, 1.82) is 0 Å². The lowest BCUT2D eigenvalue weighted by molar-refractivity contribution is -0.175. The van der Waals surface area contributed by atoms with Crippen molar-refractivity contribution in [2.24, 2.45) is 0 Å². The summed E-state index contributed by atoms with van der Waals surface area (Å²) in [6, 6.07) is 4.59. The van der Waals surface area contributed by atoms with Gasteiger partial charge >= 0.3 is 19.1 Å². The first-order valence-electron chi connectivity index (χ1n) is 10.2. The third-order valence-electron chi connectivity index (χ3n) is 4.81. The van der Waals surface area contributed by atoms with E-state index < -0.39 is 55.4 Å². The topological polar surface area (TPSA) is 108 Å². The molecule has 11 heteroatoms. The highest BCUT2D eigenvalue weighted by atomic mass is 19.3. The molecule has 1 heterocycles. The molecule has 0 amide bonds. The quantitative estimate of drug-likeness (QED) is 0.325. The summed E-state index contributed by atoms with van der Waals surface area (Å²) >= 11 is 0. The first-order valence-corrected chi connectivity index (χ1v) is 10.2. The minimum atomic E-state index is -3.13. The molecule has 0 bridgehead atoms. The number of benzene rings is 1.